The molecule has 0 saturated carbocycles. The van der Waals surface area contributed by atoms with Gasteiger partial charge in [-0.25, -0.2) is 0 Å². The lowest BCUT2D eigenvalue weighted by Gasteiger charge is -2.13. The van der Waals surface area contributed by atoms with Crippen molar-refractivity contribution in [1.82, 2.24) is 0 Å². The van der Waals surface area contributed by atoms with Crippen molar-refractivity contribution in [2.24, 2.45) is 0 Å². The van der Waals surface area contributed by atoms with Gasteiger partial charge in [0.15, 0.2) is 0 Å². The maximum Gasteiger partial charge on any atom is 0.121 e. The first-order chi connectivity index (χ1) is 6.49. The Morgan fingerprint density at radius 3 is 2.21 bits per heavy atom. The number of hydrogen-bond acceptors (Lipinski definition) is 1. The van der Waals surface area contributed by atoms with Gasteiger partial charge in [0.1, 0.15) is 5.75 Å². The van der Waals surface area contributed by atoms with Crippen LogP contribution >= 0.6 is 11.6 Å². The molecular weight excluding hydrogens is 196 g/mol. The molecule has 14 heavy (non-hydrogen) atoms. The van der Waals surface area contributed by atoms with E-state index in [4.69, 9.17) is 16.3 Å². The fraction of sp³-hybridized carbons (Fsp3) is 0.500. The fourth-order valence-corrected chi connectivity index (χ4v) is 1.49. The number of hydrogen-bond donors (Lipinski definition) is 0. The van der Waals surface area contributed by atoms with Crippen LogP contribution in [0.25, 0.3) is 0 Å². The molecule has 1 rings (SSSR count). The second-order valence-electron chi connectivity index (χ2n) is 4.04. The third kappa shape index (κ3) is 3.22. The molecule has 0 atom stereocenters. The Hall–Kier alpha value is -0.690. The van der Waals surface area contributed by atoms with Crippen molar-refractivity contribution in [3.05, 3.63) is 28.8 Å². The molecule has 0 fully saturated rings. The monoisotopic (exact) mass is 212 g/mol. The third-order valence-electron chi connectivity index (χ3n) is 1.93. The molecular formula is C12H17ClO. The first-order valence-electron chi connectivity index (χ1n) is 4.96. The molecule has 1 nitrogen and oxygen atoms in total. The van der Waals surface area contributed by atoms with Crippen molar-refractivity contribution in [3.63, 3.8) is 0 Å². The number of halogens is 1. The van der Waals surface area contributed by atoms with E-state index in [2.05, 4.69) is 19.9 Å². The van der Waals surface area contributed by atoms with Crippen molar-refractivity contribution in [2.75, 3.05) is 0 Å². The van der Waals surface area contributed by atoms with Crippen LogP contribution in [0.15, 0.2) is 18.2 Å². The summed E-state index contributed by atoms with van der Waals surface area (Å²) in [7, 11) is 0. The Kier molecular flexibility index (Phi) is 3.82. The minimum atomic E-state index is 0.188. The minimum Gasteiger partial charge on any atom is -0.491 e. The van der Waals surface area contributed by atoms with Gasteiger partial charge in [-0.3, -0.25) is 0 Å². The first-order valence-corrected chi connectivity index (χ1v) is 5.34. The minimum absolute atomic E-state index is 0.188. The largest absolute Gasteiger partial charge is 0.491 e. The van der Waals surface area contributed by atoms with Crippen LogP contribution in [0.2, 0.25) is 5.02 Å². The van der Waals surface area contributed by atoms with Gasteiger partial charge >= 0.3 is 0 Å². The smallest absolute Gasteiger partial charge is 0.121 e. The Bertz CT molecular complexity index is 305. The molecule has 0 N–H and O–H groups in total. The molecule has 0 amide bonds. The van der Waals surface area contributed by atoms with E-state index in [9.17, 15) is 0 Å². The molecule has 0 aromatic heterocycles. The lowest BCUT2D eigenvalue weighted by Crippen LogP contribution is -2.05. The van der Waals surface area contributed by atoms with Gasteiger partial charge in [0.2, 0.25) is 0 Å². The molecule has 0 radical (unpaired) electrons. The summed E-state index contributed by atoms with van der Waals surface area (Å²) in [6, 6.07) is 5.89. The van der Waals surface area contributed by atoms with Gasteiger partial charge in [-0.2, -0.15) is 0 Å². The van der Waals surface area contributed by atoms with Crippen LogP contribution in [0, 0.1) is 0 Å². The van der Waals surface area contributed by atoms with Gasteiger partial charge < -0.3 is 4.74 Å². The van der Waals surface area contributed by atoms with Gasteiger partial charge in [0.25, 0.3) is 0 Å². The van der Waals surface area contributed by atoms with Crippen molar-refractivity contribution >= 4 is 11.6 Å². The molecule has 0 aliphatic carbocycles. The van der Waals surface area contributed by atoms with Crippen LogP contribution in [-0.2, 0) is 0 Å². The summed E-state index contributed by atoms with van der Waals surface area (Å²) in [5.41, 5.74) is 1.22. The SMILES string of the molecule is CC(C)Oc1cc(Cl)cc(C(C)C)c1. The number of rotatable bonds is 3. The van der Waals surface area contributed by atoms with Gasteiger partial charge in [-0.15, -0.1) is 0 Å². The van der Waals surface area contributed by atoms with Gasteiger partial charge in [-0.05, 0) is 43.5 Å². The zero-order chi connectivity index (χ0) is 10.7. The second kappa shape index (κ2) is 4.70. The van der Waals surface area contributed by atoms with Crippen molar-refractivity contribution in [2.45, 2.75) is 39.7 Å². The molecule has 0 spiro atoms. The second-order valence-corrected chi connectivity index (χ2v) is 4.48. The Labute approximate surface area is 91.0 Å². The van der Waals surface area contributed by atoms with Crippen LogP contribution < -0.4 is 4.74 Å². The van der Waals surface area contributed by atoms with E-state index in [1.807, 2.05) is 26.0 Å². The highest BCUT2D eigenvalue weighted by Crippen LogP contribution is 2.26. The topological polar surface area (TPSA) is 9.23 Å². The normalized spacial score (nSPS) is 11.1. The van der Waals surface area contributed by atoms with Crippen LogP contribution in [0.3, 0.4) is 0 Å². The van der Waals surface area contributed by atoms with E-state index in [1.54, 1.807) is 0 Å². The van der Waals surface area contributed by atoms with Crippen molar-refractivity contribution in [3.8, 4) is 5.75 Å². The maximum atomic E-state index is 6.00. The van der Waals surface area contributed by atoms with Crippen LogP contribution in [0.4, 0.5) is 0 Å². The predicted molar refractivity (Wildman–Crippen MR) is 61.3 cm³/mol. The lowest BCUT2D eigenvalue weighted by atomic mass is 10.0. The summed E-state index contributed by atoms with van der Waals surface area (Å²) >= 11 is 6.00. The lowest BCUT2D eigenvalue weighted by molar-refractivity contribution is 0.242. The summed E-state index contributed by atoms with van der Waals surface area (Å²) in [4.78, 5) is 0. The Morgan fingerprint density at radius 1 is 1.07 bits per heavy atom. The molecule has 0 saturated heterocycles. The standard InChI is InChI=1S/C12H17ClO/c1-8(2)10-5-11(13)7-12(6-10)14-9(3)4/h5-9H,1-4H3. The molecule has 2 heteroatoms. The predicted octanol–water partition coefficient (Wildman–Crippen LogP) is 4.25. The number of benzene rings is 1. The van der Waals surface area contributed by atoms with Gasteiger partial charge in [0.05, 0.1) is 6.10 Å². The zero-order valence-electron chi connectivity index (χ0n) is 9.17. The molecule has 0 aliphatic heterocycles. The number of ether oxygens (including phenoxy) is 1. The summed E-state index contributed by atoms with van der Waals surface area (Å²) in [6.45, 7) is 8.31. The van der Waals surface area contributed by atoms with Gasteiger partial charge in [-0.1, -0.05) is 25.4 Å². The highest BCUT2D eigenvalue weighted by atomic mass is 35.5. The fourth-order valence-electron chi connectivity index (χ4n) is 1.26. The van der Waals surface area contributed by atoms with Gasteiger partial charge in [0, 0.05) is 5.02 Å². The maximum absolute atomic E-state index is 6.00. The molecule has 0 heterocycles. The summed E-state index contributed by atoms with van der Waals surface area (Å²) in [6.07, 6.45) is 0.188. The molecule has 78 valence electrons. The average molecular weight is 213 g/mol. The molecule has 0 unspecified atom stereocenters. The van der Waals surface area contributed by atoms with E-state index in [-0.39, 0.29) is 6.10 Å². The van der Waals surface area contributed by atoms with Crippen molar-refractivity contribution in [1.29, 1.82) is 0 Å². The van der Waals surface area contributed by atoms with Crippen LogP contribution in [0.5, 0.6) is 5.75 Å². The molecule has 1 aromatic carbocycles. The molecule has 1 aromatic rings. The van der Waals surface area contributed by atoms with E-state index < -0.39 is 0 Å². The first kappa shape index (κ1) is 11.4. The summed E-state index contributed by atoms with van der Waals surface area (Å²) in [5.74, 6) is 1.33. The van der Waals surface area contributed by atoms with Crippen molar-refractivity contribution < 1.29 is 4.74 Å². The zero-order valence-corrected chi connectivity index (χ0v) is 9.93. The molecule has 0 bridgehead atoms. The average Bonchev–Trinajstić information content (AvgIpc) is 2.01. The van der Waals surface area contributed by atoms with Crippen LogP contribution in [-0.4, -0.2) is 6.10 Å². The Balaban J connectivity index is 2.95. The summed E-state index contributed by atoms with van der Waals surface area (Å²) in [5, 5.41) is 0.742. The van der Waals surface area contributed by atoms with E-state index in [0.717, 1.165) is 10.8 Å². The third-order valence-corrected chi connectivity index (χ3v) is 2.15. The quantitative estimate of drug-likeness (QED) is 0.728. The summed E-state index contributed by atoms with van der Waals surface area (Å²) < 4.78 is 5.60. The molecule has 0 aliphatic rings. The Morgan fingerprint density at radius 2 is 1.71 bits per heavy atom. The van der Waals surface area contributed by atoms with Crippen LogP contribution in [0.1, 0.15) is 39.2 Å². The van der Waals surface area contributed by atoms with E-state index in [0.29, 0.717) is 5.92 Å². The van der Waals surface area contributed by atoms with E-state index in [1.165, 1.54) is 5.56 Å². The highest BCUT2D eigenvalue weighted by Gasteiger charge is 2.05. The highest BCUT2D eigenvalue weighted by molar-refractivity contribution is 6.30. The van der Waals surface area contributed by atoms with E-state index >= 15 is 0 Å².